The number of hydrogen-bond donors (Lipinski definition) is 1. The van der Waals surface area contributed by atoms with E-state index in [4.69, 9.17) is 9.15 Å². The van der Waals surface area contributed by atoms with Gasteiger partial charge in [0.2, 0.25) is 0 Å². The molecule has 1 fully saturated rings. The molecular formula is C15H25NO2. The van der Waals surface area contributed by atoms with Gasteiger partial charge in [-0.15, -0.1) is 0 Å². The molecule has 2 unspecified atom stereocenters. The Morgan fingerprint density at radius 3 is 3.06 bits per heavy atom. The van der Waals surface area contributed by atoms with E-state index in [2.05, 4.69) is 12.2 Å². The van der Waals surface area contributed by atoms with Gasteiger partial charge in [0.05, 0.1) is 25.5 Å². The summed E-state index contributed by atoms with van der Waals surface area (Å²) >= 11 is 0. The first kappa shape index (κ1) is 13.6. The number of rotatable bonds is 7. The molecule has 1 N–H and O–H groups in total. The molecule has 2 rings (SSSR count). The van der Waals surface area contributed by atoms with Crippen molar-refractivity contribution in [2.24, 2.45) is 5.92 Å². The van der Waals surface area contributed by atoms with Crippen molar-refractivity contribution in [3.63, 3.8) is 0 Å². The van der Waals surface area contributed by atoms with Crippen LogP contribution in [0.25, 0.3) is 0 Å². The second-order valence-corrected chi connectivity index (χ2v) is 5.12. The van der Waals surface area contributed by atoms with Crippen LogP contribution in [-0.2, 0) is 11.3 Å². The maximum atomic E-state index is 6.01. The summed E-state index contributed by atoms with van der Waals surface area (Å²) in [4.78, 5) is 0. The van der Waals surface area contributed by atoms with Gasteiger partial charge in [-0.05, 0) is 30.9 Å². The maximum Gasteiger partial charge on any atom is 0.117 e. The summed E-state index contributed by atoms with van der Waals surface area (Å²) in [6.45, 7) is 4.77. The van der Waals surface area contributed by atoms with Gasteiger partial charge in [0.25, 0.3) is 0 Å². The van der Waals surface area contributed by atoms with Crippen molar-refractivity contribution >= 4 is 0 Å². The van der Waals surface area contributed by atoms with Gasteiger partial charge in [-0.3, -0.25) is 0 Å². The highest BCUT2D eigenvalue weighted by Crippen LogP contribution is 2.28. The molecule has 0 aromatic carbocycles. The SMILES string of the molecule is CCC1CCCCC1OCCNCc1ccco1. The standard InChI is InChI=1S/C15H25NO2/c1-2-13-6-3-4-8-15(13)18-11-9-16-12-14-7-5-10-17-14/h5,7,10,13,15-16H,2-4,6,8-9,11-12H2,1H3. The molecule has 1 aliphatic carbocycles. The second kappa shape index (κ2) is 7.59. The summed E-state index contributed by atoms with van der Waals surface area (Å²) in [5.74, 6) is 1.77. The second-order valence-electron chi connectivity index (χ2n) is 5.12. The summed E-state index contributed by atoms with van der Waals surface area (Å²) in [5, 5.41) is 3.34. The van der Waals surface area contributed by atoms with E-state index in [9.17, 15) is 0 Å². The lowest BCUT2D eigenvalue weighted by molar-refractivity contribution is -0.0104. The van der Waals surface area contributed by atoms with Crippen molar-refractivity contribution in [1.82, 2.24) is 5.32 Å². The molecule has 0 radical (unpaired) electrons. The van der Waals surface area contributed by atoms with E-state index in [1.165, 1.54) is 32.1 Å². The van der Waals surface area contributed by atoms with Crippen LogP contribution in [0.1, 0.15) is 44.8 Å². The number of nitrogens with one attached hydrogen (secondary N) is 1. The molecule has 0 spiro atoms. The Balaban J connectivity index is 1.57. The number of ether oxygens (including phenoxy) is 1. The summed E-state index contributed by atoms with van der Waals surface area (Å²) in [7, 11) is 0. The van der Waals surface area contributed by atoms with Crippen LogP contribution >= 0.6 is 0 Å². The molecule has 0 amide bonds. The Hall–Kier alpha value is -0.800. The zero-order chi connectivity index (χ0) is 12.6. The van der Waals surface area contributed by atoms with Crippen LogP contribution in [0, 0.1) is 5.92 Å². The predicted molar refractivity (Wildman–Crippen MR) is 72.4 cm³/mol. The normalized spacial score (nSPS) is 24.3. The lowest BCUT2D eigenvalue weighted by atomic mass is 9.85. The Morgan fingerprint density at radius 2 is 2.28 bits per heavy atom. The highest BCUT2D eigenvalue weighted by Gasteiger charge is 2.23. The first-order chi connectivity index (χ1) is 8.90. The molecule has 1 aromatic rings. The Bertz CT molecular complexity index is 310. The van der Waals surface area contributed by atoms with Crippen LogP contribution in [0.2, 0.25) is 0 Å². The molecule has 1 aliphatic rings. The third kappa shape index (κ3) is 4.14. The lowest BCUT2D eigenvalue weighted by Gasteiger charge is -2.30. The topological polar surface area (TPSA) is 34.4 Å². The van der Waals surface area contributed by atoms with Gasteiger partial charge in [0.1, 0.15) is 5.76 Å². The average Bonchev–Trinajstić information content (AvgIpc) is 2.92. The minimum absolute atomic E-state index is 0.495. The Kier molecular flexibility index (Phi) is 5.75. The predicted octanol–water partition coefficient (Wildman–Crippen LogP) is 3.35. The van der Waals surface area contributed by atoms with Gasteiger partial charge >= 0.3 is 0 Å². The third-order valence-corrected chi connectivity index (χ3v) is 3.85. The van der Waals surface area contributed by atoms with Gasteiger partial charge in [-0.1, -0.05) is 26.2 Å². The zero-order valence-corrected chi connectivity index (χ0v) is 11.4. The number of hydrogen-bond acceptors (Lipinski definition) is 3. The highest BCUT2D eigenvalue weighted by atomic mass is 16.5. The third-order valence-electron chi connectivity index (χ3n) is 3.85. The lowest BCUT2D eigenvalue weighted by Crippen LogP contribution is -2.30. The minimum Gasteiger partial charge on any atom is -0.468 e. The van der Waals surface area contributed by atoms with E-state index >= 15 is 0 Å². The molecule has 18 heavy (non-hydrogen) atoms. The fourth-order valence-electron chi connectivity index (χ4n) is 2.77. The summed E-state index contributed by atoms with van der Waals surface area (Å²) in [6.07, 6.45) is 8.77. The van der Waals surface area contributed by atoms with Crippen molar-refractivity contribution in [2.45, 2.75) is 51.7 Å². The summed E-state index contributed by atoms with van der Waals surface area (Å²) in [6, 6.07) is 3.91. The van der Waals surface area contributed by atoms with Crippen molar-refractivity contribution in [3.05, 3.63) is 24.2 Å². The van der Waals surface area contributed by atoms with E-state index in [1.807, 2.05) is 12.1 Å². The smallest absolute Gasteiger partial charge is 0.117 e. The van der Waals surface area contributed by atoms with Gasteiger partial charge in [-0.25, -0.2) is 0 Å². The van der Waals surface area contributed by atoms with Crippen LogP contribution < -0.4 is 5.32 Å². The fraction of sp³-hybridized carbons (Fsp3) is 0.733. The quantitative estimate of drug-likeness (QED) is 0.755. The molecular weight excluding hydrogens is 226 g/mol. The van der Waals surface area contributed by atoms with Crippen molar-refractivity contribution < 1.29 is 9.15 Å². The minimum atomic E-state index is 0.495. The largest absolute Gasteiger partial charge is 0.468 e. The Labute approximate surface area is 110 Å². The highest BCUT2D eigenvalue weighted by molar-refractivity contribution is 4.97. The van der Waals surface area contributed by atoms with Crippen LogP contribution in [0.4, 0.5) is 0 Å². The first-order valence-corrected chi connectivity index (χ1v) is 7.25. The van der Waals surface area contributed by atoms with Crippen molar-refractivity contribution in [1.29, 1.82) is 0 Å². The maximum absolute atomic E-state index is 6.01. The molecule has 0 aliphatic heterocycles. The van der Waals surface area contributed by atoms with Gasteiger partial charge in [-0.2, -0.15) is 0 Å². The van der Waals surface area contributed by atoms with E-state index in [1.54, 1.807) is 6.26 Å². The molecule has 2 atom stereocenters. The molecule has 1 aromatic heterocycles. The van der Waals surface area contributed by atoms with E-state index < -0.39 is 0 Å². The first-order valence-electron chi connectivity index (χ1n) is 7.25. The summed E-state index contributed by atoms with van der Waals surface area (Å²) in [5.41, 5.74) is 0. The molecule has 0 bridgehead atoms. The fourth-order valence-corrected chi connectivity index (χ4v) is 2.77. The molecule has 1 heterocycles. The van der Waals surface area contributed by atoms with Crippen molar-refractivity contribution in [2.75, 3.05) is 13.2 Å². The van der Waals surface area contributed by atoms with Gasteiger partial charge in [0.15, 0.2) is 0 Å². The monoisotopic (exact) mass is 251 g/mol. The van der Waals surface area contributed by atoms with Crippen LogP contribution in [0.3, 0.4) is 0 Å². The van der Waals surface area contributed by atoms with Gasteiger partial charge < -0.3 is 14.5 Å². The van der Waals surface area contributed by atoms with Crippen LogP contribution in [0.5, 0.6) is 0 Å². The van der Waals surface area contributed by atoms with E-state index in [0.29, 0.717) is 6.10 Å². The summed E-state index contributed by atoms with van der Waals surface area (Å²) < 4.78 is 11.3. The van der Waals surface area contributed by atoms with E-state index in [-0.39, 0.29) is 0 Å². The Morgan fingerprint density at radius 1 is 1.39 bits per heavy atom. The molecule has 102 valence electrons. The molecule has 3 heteroatoms. The molecule has 0 saturated heterocycles. The van der Waals surface area contributed by atoms with Crippen LogP contribution in [0.15, 0.2) is 22.8 Å². The van der Waals surface area contributed by atoms with Crippen LogP contribution in [-0.4, -0.2) is 19.3 Å². The van der Waals surface area contributed by atoms with Crippen molar-refractivity contribution in [3.8, 4) is 0 Å². The molecule has 1 saturated carbocycles. The average molecular weight is 251 g/mol. The van der Waals surface area contributed by atoms with E-state index in [0.717, 1.165) is 31.4 Å². The van der Waals surface area contributed by atoms with Gasteiger partial charge in [0, 0.05) is 6.54 Å². The molecule has 3 nitrogen and oxygen atoms in total. The number of furan rings is 1. The zero-order valence-electron chi connectivity index (χ0n) is 11.4.